The van der Waals surface area contributed by atoms with Gasteiger partial charge in [0.05, 0.1) is 0 Å². The van der Waals surface area contributed by atoms with Crippen molar-refractivity contribution in [3.05, 3.63) is 0 Å². The fourth-order valence-corrected chi connectivity index (χ4v) is 1.04. The zero-order chi connectivity index (χ0) is 8.74. The maximum Gasteiger partial charge on any atom is 0.242 e. The van der Waals surface area contributed by atoms with Gasteiger partial charge in [-0.3, -0.25) is 0 Å². The first-order valence-corrected chi connectivity index (χ1v) is 4.04. The second-order valence-corrected chi connectivity index (χ2v) is 2.32. The van der Waals surface area contributed by atoms with Crippen molar-refractivity contribution >= 4 is 0 Å². The smallest absolute Gasteiger partial charge is 0.242 e. The topological polar surface area (TPSA) is 32.6 Å². The lowest BCUT2D eigenvalue weighted by Gasteiger charge is -2.29. The lowest BCUT2D eigenvalue weighted by atomic mass is 10.2. The van der Waals surface area contributed by atoms with Crippen LogP contribution in [-0.2, 0) is 9.47 Å². The van der Waals surface area contributed by atoms with Crippen molar-refractivity contribution < 1.29 is 9.47 Å². The molecule has 1 radical (unpaired) electrons. The largest absolute Gasteiger partial charge is 0.340 e. The van der Waals surface area contributed by atoms with Gasteiger partial charge >= 0.3 is 0 Å². The van der Waals surface area contributed by atoms with E-state index < -0.39 is 5.91 Å². The summed E-state index contributed by atoms with van der Waals surface area (Å²) in [6.45, 7) is 4.65. The average molecular weight is 160 g/mol. The summed E-state index contributed by atoms with van der Waals surface area (Å²) < 4.78 is 10.6. The summed E-state index contributed by atoms with van der Waals surface area (Å²) in [5.74, 6) is -0.691. The Bertz CT molecular complexity index is 84.1. The summed E-state index contributed by atoms with van der Waals surface area (Å²) in [6, 6.07) is 0. The fraction of sp³-hybridized carbons (Fsp3) is 1.00. The molecule has 0 aromatic heterocycles. The summed E-state index contributed by atoms with van der Waals surface area (Å²) in [5, 5.41) is 4.07. The molecule has 0 spiro atoms. The number of hydrogen-bond acceptors (Lipinski definition) is 2. The zero-order valence-corrected chi connectivity index (χ0v) is 7.89. The summed E-state index contributed by atoms with van der Waals surface area (Å²) in [4.78, 5) is 0. The lowest BCUT2D eigenvalue weighted by Crippen LogP contribution is -2.42. The van der Waals surface area contributed by atoms with Crippen LogP contribution in [0.4, 0.5) is 0 Å². The predicted octanol–water partition coefficient (Wildman–Crippen LogP) is 1.36. The minimum atomic E-state index is -0.691. The molecule has 1 unspecified atom stereocenters. The highest BCUT2D eigenvalue weighted by atomic mass is 16.7. The van der Waals surface area contributed by atoms with E-state index >= 15 is 0 Å². The maximum absolute atomic E-state index is 5.38. The molecule has 3 heteroatoms. The molecule has 0 saturated carbocycles. The van der Waals surface area contributed by atoms with Gasteiger partial charge in [-0.15, -0.1) is 0 Å². The molecule has 0 heterocycles. The van der Waals surface area contributed by atoms with Crippen LogP contribution in [0.3, 0.4) is 0 Å². The normalized spacial score (nSPS) is 16.4. The lowest BCUT2D eigenvalue weighted by molar-refractivity contribution is -0.243. The number of methoxy groups -OCH3 is 1. The SMILES string of the molecule is CCCC([N]C)(OC)OCC. The van der Waals surface area contributed by atoms with Crippen LogP contribution in [0.5, 0.6) is 0 Å². The van der Waals surface area contributed by atoms with Crippen LogP contribution >= 0.6 is 0 Å². The number of rotatable bonds is 6. The monoisotopic (exact) mass is 160 g/mol. The van der Waals surface area contributed by atoms with Crippen LogP contribution in [-0.4, -0.2) is 26.7 Å². The van der Waals surface area contributed by atoms with Crippen LogP contribution in [0.1, 0.15) is 26.7 Å². The third kappa shape index (κ3) is 3.18. The van der Waals surface area contributed by atoms with E-state index in [4.69, 9.17) is 9.47 Å². The molecule has 0 N–H and O–H groups in total. The number of ether oxygens (including phenoxy) is 2. The Morgan fingerprint density at radius 1 is 1.36 bits per heavy atom. The van der Waals surface area contributed by atoms with Gasteiger partial charge in [0.2, 0.25) is 5.91 Å². The third-order valence-electron chi connectivity index (χ3n) is 1.60. The Hall–Kier alpha value is -0.120. The minimum absolute atomic E-state index is 0.630. The molecular weight excluding hydrogens is 142 g/mol. The van der Waals surface area contributed by atoms with Gasteiger partial charge in [0.25, 0.3) is 0 Å². The Labute approximate surface area is 69.1 Å². The van der Waals surface area contributed by atoms with Crippen LogP contribution in [0.25, 0.3) is 0 Å². The molecule has 0 aromatic carbocycles. The van der Waals surface area contributed by atoms with Crippen molar-refractivity contribution in [3.63, 3.8) is 0 Å². The number of hydrogen-bond donors (Lipinski definition) is 0. The quantitative estimate of drug-likeness (QED) is 0.549. The van der Waals surface area contributed by atoms with Crippen molar-refractivity contribution in [1.82, 2.24) is 5.32 Å². The third-order valence-corrected chi connectivity index (χ3v) is 1.60. The second kappa shape index (κ2) is 5.52. The molecule has 0 aliphatic heterocycles. The standard InChI is InChI=1S/C8H18NO2/c1-5-7-8(9-3,10-4)11-6-2/h5-7H2,1-4H3. The van der Waals surface area contributed by atoms with E-state index in [0.717, 1.165) is 12.8 Å². The van der Waals surface area contributed by atoms with E-state index in [9.17, 15) is 0 Å². The molecule has 3 nitrogen and oxygen atoms in total. The molecule has 0 aromatic rings. The average Bonchev–Trinajstić information content (AvgIpc) is 2.04. The molecule has 0 aliphatic rings. The van der Waals surface area contributed by atoms with Gasteiger partial charge in [0, 0.05) is 27.2 Å². The molecule has 67 valence electrons. The van der Waals surface area contributed by atoms with Crippen LogP contribution < -0.4 is 5.32 Å². The highest BCUT2D eigenvalue weighted by Gasteiger charge is 2.27. The molecule has 0 bridgehead atoms. The second-order valence-electron chi connectivity index (χ2n) is 2.32. The van der Waals surface area contributed by atoms with Crippen LogP contribution in [0.15, 0.2) is 0 Å². The summed E-state index contributed by atoms with van der Waals surface area (Å²) in [6.07, 6.45) is 1.82. The van der Waals surface area contributed by atoms with Gasteiger partial charge < -0.3 is 9.47 Å². The Morgan fingerprint density at radius 2 is 2.00 bits per heavy atom. The summed E-state index contributed by atoms with van der Waals surface area (Å²) >= 11 is 0. The highest BCUT2D eigenvalue weighted by Crippen LogP contribution is 2.15. The molecule has 0 rings (SSSR count). The Morgan fingerprint density at radius 3 is 2.27 bits per heavy atom. The molecule has 0 saturated heterocycles. The van der Waals surface area contributed by atoms with Crippen LogP contribution in [0.2, 0.25) is 0 Å². The summed E-state index contributed by atoms with van der Waals surface area (Å²) in [5.41, 5.74) is 0. The van der Waals surface area contributed by atoms with E-state index in [1.807, 2.05) is 6.92 Å². The van der Waals surface area contributed by atoms with Crippen molar-refractivity contribution in [2.45, 2.75) is 32.6 Å². The highest BCUT2D eigenvalue weighted by molar-refractivity contribution is 4.61. The van der Waals surface area contributed by atoms with Gasteiger partial charge in [-0.2, -0.15) is 5.32 Å². The first-order valence-electron chi connectivity index (χ1n) is 4.04. The van der Waals surface area contributed by atoms with E-state index in [1.165, 1.54) is 0 Å². The Kier molecular flexibility index (Phi) is 5.46. The molecule has 0 amide bonds. The van der Waals surface area contributed by atoms with Crippen molar-refractivity contribution in [3.8, 4) is 0 Å². The van der Waals surface area contributed by atoms with Crippen molar-refractivity contribution in [2.75, 3.05) is 20.8 Å². The molecule has 0 fully saturated rings. The van der Waals surface area contributed by atoms with E-state index in [1.54, 1.807) is 14.2 Å². The molecule has 1 atom stereocenters. The summed E-state index contributed by atoms with van der Waals surface area (Å²) in [7, 11) is 3.34. The molecule has 0 aliphatic carbocycles. The van der Waals surface area contributed by atoms with Crippen LogP contribution in [0, 0.1) is 0 Å². The first-order chi connectivity index (χ1) is 5.24. The van der Waals surface area contributed by atoms with E-state index in [-0.39, 0.29) is 0 Å². The molecular formula is C8H18NO2. The maximum atomic E-state index is 5.38. The van der Waals surface area contributed by atoms with Gasteiger partial charge in [0.1, 0.15) is 0 Å². The fourth-order valence-electron chi connectivity index (χ4n) is 1.04. The first kappa shape index (κ1) is 10.9. The predicted molar refractivity (Wildman–Crippen MR) is 44.3 cm³/mol. The molecule has 11 heavy (non-hydrogen) atoms. The minimum Gasteiger partial charge on any atom is -0.340 e. The van der Waals surface area contributed by atoms with Gasteiger partial charge in [0.15, 0.2) is 0 Å². The number of nitrogens with zero attached hydrogens (tertiary/aromatic N) is 1. The van der Waals surface area contributed by atoms with E-state index in [2.05, 4.69) is 12.2 Å². The van der Waals surface area contributed by atoms with Crippen molar-refractivity contribution in [1.29, 1.82) is 0 Å². The zero-order valence-electron chi connectivity index (χ0n) is 7.89. The van der Waals surface area contributed by atoms with E-state index in [0.29, 0.717) is 6.61 Å². The van der Waals surface area contributed by atoms with Gasteiger partial charge in [-0.25, -0.2) is 0 Å². The Balaban J connectivity index is 3.96. The van der Waals surface area contributed by atoms with Gasteiger partial charge in [-0.05, 0) is 13.3 Å². The van der Waals surface area contributed by atoms with Crippen molar-refractivity contribution in [2.24, 2.45) is 0 Å². The van der Waals surface area contributed by atoms with Gasteiger partial charge in [-0.1, -0.05) is 6.92 Å².